The zero-order chi connectivity index (χ0) is 13.9. The van der Waals surface area contributed by atoms with E-state index in [1.54, 1.807) is 12.1 Å². The third-order valence-corrected chi connectivity index (χ3v) is 3.22. The lowest BCUT2D eigenvalue weighted by atomic mass is 9.92. The van der Waals surface area contributed by atoms with Crippen LogP contribution in [0.15, 0.2) is 29.3 Å². The van der Waals surface area contributed by atoms with Crippen molar-refractivity contribution in [3.8, 4) is 0 Å². The fourth-order valence-electron chi connectivity index (χ4n) is 2.18. The Balaban J connectivity index is 2.04. The Bertz CT molecular complexity index is 451. The van der Waals surface area contributed by atoms with E-state index in [4.69, 9.17) is 4.74 Å². The molecule has 1 aliphatic rings. The molecule has 0 radical (unpaired) electrons. The Morgan fingerprint density at radius 2 is 1.95 bits per heavy atom. The van der Waals surface area contributed by atoms with Crippen LogP contribution in [-0.4, -0.2) is 19.0 Å². The molecular formula is C14H16F3NO. The van der Waals surface area contributed by atoms with Gasteiger partial charge in [-0.15, -0.1) is 0 Å². The number of aliphatic imine (C=N–C) groups is 1. The normalized spacial score (nSPS) is 20.0. The van der Waals surface area contributed by atoms with Crippen LogP contribution in [-0.2, 0) is 10.9 Å². The zero-order valence-corrected chi connectivity index (χ0v) is 10.7. The highest BCUT2D eigenvalue weighted by Crippen LogP contribution is 2.32. The lowest BCUT2D eigenvalue weighted by Crippen LogP contribution is -2.17. The van der Waals surface area contributed by atoms with Crippen molar-refractivity contribution in [2.75, 3.05) is 13.2 Å². The van der Waals surface area contributed by atoms with Gasteiger partial charge in [0.2, 0.25) is 0 Å². The first-order valence-corrected chi connectivity index (χ1v) is 6.34. The van der Waals surface area contributed by atoms with Crippen LogP contribution in [0.1, 0.15) is 36.8 Å². The third-order valence-electron chi connectivity index (χ3n) is 3.22. The third kappa shape index (κ3) is 3.49. The van der Waals surface area contributed by atoms with E-state index in [0.29, 0.717) is 13.2 Å². The Labute approximate surface area is 110 Å². The summed E-state index contributed by atoms with van der Waals surface area (Å²) in [6.45, 7) is 3.09. The molecule has 0 aromatic heterocycles. The summed E-state index contributed by atoms with van der Waals surface area (Å²) in [5.41, 5.74) is 0.304. The van der Waals surface area contributed by atoms with Crippen molar-refractivity contribution in [2.45, 2.75) is 31.9 Å². The number of rotatable bonds is 2. The summed E-state index contributed by atoms with van der Waals surface area (Å²) >= 11 is 0. The molecule has 1 aliphatic heterocycles. The van der Waals surface area contributed by atoms with Gasteiger partial charge < -0.3 is 4.74 Å². The van der Waals surface area contributed by atoms with E-state index in [9.17, 15) is 13.2 Å². The van der Waals surface area contributed by atoms with Crippen molar-refractivity contribution in [3.63, 3.8) is 0 Å². The molecule has 1 aromatic rings. The second kappa shape index (κ2) is 5.63. The van der Waals surface area contributed by atoms with Crippen molar-refractivity contribution in [1.29, 1.82) is 0 Å². The molecule has 1 aromatic carbocycles. The van der Waals surface area contributed by atoms with Crippen molar-refractivity contribution in [2.24, 2.45) is 4.99 Å². The van der Waals surface area contributed by atoms with Gasteiger partial charge in [0.05, 0.1) is 12.2 Å². The van der Waals surface area contributed by atoms with Crippen LogP contribution in [0.25, 0.3) is 0 Å². The van der Waals surface area contributed by atoms with Gasteiger partial charge in [-0.1, -0.05) is 12.1 Å². The van der Waals surface area contributed by atoms with E-state index >= 15 is 0 Å². The van der Waals surface area contributed by atoms with E-state index in [1.807, 2.05) is 6.92 Å². The van der Waals surface area contributed by atoms with Gasteiger partial charge in [0.1, 0.15) is 0 Å². The van der Waals surface area contributed by atoms with Crippen LogP contribution in [0.5, 0.6) is 0 Å². The lowest BCUT2D eigenvalue weighted by Gasteiger charge is -2.21. The van der Waals surface area contributed by atoms with Gasteiger partial charge in [0, 0.05) is 18.9 Å². The summed E-state index contributed by atoms with van der Waals surface area (Å²) < 4.78 is 42.7. The van der Waals surface area contributed by atoms with Crippen LogP contribution >= 0.6 is 0 Å². The first kappa shape index (κ1) is 13.9. The predicted molar refractivity (Wildman–Crippen MR) is 67.3 cm³/mol. The fourth-order valence-corrected chi connectivity index (χ4v) is 2.18. The van der Waals surface area contributed by atoms with E-state index in [2.05, 4.69) is 4.99 Å². The zero-order valence-electron chi connectivity index (χ0n) is 10.7. The van der Waals surface area contributed by atoms with E-state index in [0.717, 1.165) is 36.4 Å². The quantitative estimate of drug-likeness (QED) is 0.796. The Kier molecular flexibility index (Phi) is 4.12. The minimum atomic E-state index is -4.27. The fraction of sp³-hybridized carbons (Fsp3) is 0.500. The number of alkyl halides is 3. The lowest BCUT2D eigenvalue weighted by molar-refractivity contribution is -0.137. The molecule has 0 bridgehead atoms. The highest BCUT2D eigenvalue weighted by molar-refractivity contribution is 5.76. The van der Waals surface area contributed by atoms with Gasteiger partial charge in [0.25, 0.3) is 0 Å². The SMILES string of the molecule is CCOC1=NC[C@H](c2ccc(C(F)(F)F)cc2)CC1. The average Bonchev–Trinajstić information content (AvgIpc) is 2.39. The number of hydrogen-bond donors (Lipinski definition) is 0. The molecule has 0 fully saturated rings. The summed E-state index contributed by atoms with van der Waals surface area (Å²) in [6, 6.07) is 5.37. The summed E-state index contributed by atoms with van der Waals surface area (Å²) in [4.78, 5) is 4.32. The topological polar surface area (TPSA) is 21.6 Å². The average molecular weight is 271 g/mol. The smallest absolute Gasteiger partial charge is 0.416 e. The number of hydrogen-bond acceptors (Lipinski definition) is 2. The highest BCUT2D eigenvalue weighted by atomic mass is 19.4. The number of benzene rings is 1. The molecule has 5 heteroatoms. The molecule has 0 unspecified atom stereocenters. The highest BCUT2D eigenvalue weighted by Gasteiger charge is 2.30. The number of halogens is 3. The summed E-state index contributed by atoms with van der Waals surface area (Å²) in [5, 5.41) is 0. The molecule has 2 nitrogen and oxygen atoms in total. The van der Waals surface area contributed by atoms with Gasteiger partial charge in [-0.2, -0.15) is 13.2 Å². The van der Waals surface area contributed by atoms with Crippen LogP contribution < -0.4 is 0 Å². The maximum Gasteiger partial charge on any atom is 0.416 e. The first-order valence-electron chi connectivity index (χ1n) is 6.34. The molecule has 104 valence electrons. The summed E-state index contributed by atoms with van der Waals surface area (Å²) in [7, 11) is 0. The summed E-state index contributed by atoms with van der Waals surface area (Å²) in [5.74, 6) is 0.942. The molecule has 0 aliphatic carbocycles. The van der Waals surface area contributed by atoms with E-state index < -0.39 is 11.7 Å². The maximum atomic E-state index is 12.5. The number of nitrogens with zero attached hydrogens (tertiary/aromatic N) is 1. The monoisotopic (exact) mass is 271 g/mol. The standard InChI is InChI=1S/C14H16F3NO/c1-2-19-13-8-5-11(9-18-13)10-3-6-12(7-4-10)14(15,16)17/h3-4,6-7,11H,2,5,8-9H2,1H3/t11-/m1/s1. The molecule has 19 heavy (non-hydrogen) atoms. The van der Waals surface area contributed by atoms with E-state index in [1.165, 1.54) is 0 Å². The minimum absolute atomic E-state index is 0.187. The Morgan fingerprint density at radius 1 is 1.26 bits per heavy atom. The van der Waals surface area contributed by atoms with Gasteiger partial charge in [-0.25, -0.2) is 0 Å². The largest absolute Gasteiger partial charge is 0.481 e. The van der Waals surface area contributed by atoms with Crippen LogP contribution in [0.4, 0.5) is 13.2 Å². The molecule has 0 spiro atoms. The van der Waals surface area contributed by atoms with Gasteiger partial charge in [-0.05, 0) is 31.0 Å². The molecular weight excluding hydrogens is 255 g/mol. The van der Waals surface area contributed by atoms with Crippen LogP contribution in [0.3, 0.4) is 0 Å². The van der Waals surface area contributed by atoms with Crippen molar-refractivity contribution >= 4 is 5.90 Å². The van der Waals surface area contributed by atoms with Crippen molar-refractivity contribution in [3.05, 3.63) is 35.4 Å². The second-order valence-electron chi connectivity index (χ2n) is 4.52. The predicted octanol–water partition coefficient (Wildman–Crippen LogP) is 4.02. The second-order valence-corrected chi connectivity index (χ2v) is 4.52. The van der Waals surface area contributed by atoms with E-state index in [-0.39, 0.29) is 5.92 Å². The van der Waals surface area contributed by atoms with Crippen molar-refractivity contribution < 1.29 is 17.9 Å². The van der Waals surface area contributed by atoms with Crippen LogP contribution in [0, 0.1) is 0 Å². The molecule has 2 rings (SSSR count). The van der Waals surface area contributed by atoms with Crippen LogP contribution in [0.2, 0.25) is 0 Å². The molecule has 0 saturated carbocycles. The molecule has 1 atom stereocenters. The molecule has 0 N–H and O–H groups in total. The van der Waals surface area contributed by atoms with Crippen molar-refractivity contribution in [1.82, 2.24) is 0 Å². The minimum Gasteiger partial charge on any atom is -0.481 e. The Hall–Kier alpha value is -1.52. The molecule has 0 saturated heterocycles. The molecule has 0 amide bonds. The van der Waals surface area contributed by atoms with Gasteiger partial charge in [-0.3, -0.25) is 4.99 Å². The first-order chi connectivity index (χ1) is 9.00. The Morgan fingerprint density at radius 3 is 2.42 bits per heavy atom. The number of ether oxygens (including phenoxy) is 1. The van der Waals surface area contributed by atoms with Gasteiger partial charge in [0.15, 0.2) is 5.90 Å². The maximum absolute atomic E-state index is 12.5. The van der Waals surface area contributed by atoms with Gasteiger partial charge >= 0.3 is 6.18 Å². The molecule has 1 heterocycles. The summed E-state index contributed by atoms with van der Waals surface area (Å²) in [6.07, 6.45) is -2.66.